The van der Waals surface area contributed by atoms with E-state index in [0.717, 1.165) is 16.3 Å². The summed E-state index contributed by atoms with van der Waals surface area (Å²) in [7, 11) is 0. The van der Waals surface area contributed by atoms with E-state index in [1.165, 1.54) is 16.4 Å². The summed E-state index contributed by atoms with van der Waals surface area (Å²) in [5.74, 6) is 2.11. The average molecular weight is 451 g/mol. The highest BCUT2D eigenvalue weighted by atomic mass is 32.2. The molecule has 3 aromatic carbocycles. The van der Waals surface area contributed by atoms with Gasteiger partial charge in [-0.3, -0.25) is 0 Å². The lowest BCUT2D eigenvalue weighted by atomic mass is 10.1. The van der Waals surface area contributed by atoms with Crippen molar-refractivity contribution in [2.24, 2.45) is 0 Å². The maximum Gasteiger partial charge on any atom is 0.225 e. The molecule has 0 atom stereocenters. The quantitative estimate of drug-likeness (QED) is 0.355. The molecule has 160 valence electrons. The molecular weight excluding hydrogens is 432 g/mol. The van der Waals surface area contributed by atoms with Crippen LogP contribution in [0.3, 0.4) is 0 Å². The van der Waals surface area contributed by atoms with Crippen molar-refractivity contribution in [3.05, 3.63) is 84.4 Å². The van der Waals surface area contributed by atoms with Gasteiger partial charge in [-0.25, -0.2) is 4.98 Å². The van der Waals surface area contributed by atoms with Crippen molar-refractivity contribution in [1.29, 1.82) is 5.26 Å². The van der Waals surface area contributed by atoms with Gasteiger partial charge in [0.1, 0.15) is 28.2 Å². The van der Waals surface area contributed by atoms with Crippen molar-refractivity contribution in [1.82, 2.24) is 19.7 Å². The Labute approximate surface area is 194 Å². The maximum absolute atomic E-state index is 9.52. The summed E-state index contributed by atoms with van der Waals surface area (Å²) in [4.78, 5) is 9.32. The molecule has 5 rings (SSSR count). The van der Waals surface area contributed by atoms with Crippen LogP contribution in [0, 0.1) is 11.3 Å². The summed E-state index contributed by atoms with van der Waals surface area (Å²) in [5, 5.41) is 16.6. The first-order valence-electron chi connectivity index (χ1n) is 10.1. The van der Waals surface area contributed by atoms with Gasteiger partial charge in [-0.1, -0.05) is 66.7 Å². The second-order valence-electron chi connectivity index (χ2n) is 7.13. The van der Waals surface area contributed by atoms with Crippen molar-refractivity contribution in [2.45, 2.75) is 5.03 Å². The number of aromatic nitrogens is 4. The fraction of sp³-hybridized carbons (Fsp3) is 0.0400. The Balaban J connectivity index is 1.67. The van der Waals surface area contributed by atoms with E-state index in [-0.39, 0.29) is 5.82 Å². The van der Waals surface area contributed by atoms with Gasteiger partial charge in [-0.15, -0.1) is 11.8 Å². The van der Waals surface area contributed by atoms with E-state index in [9.17, 15) is 5.26 Å². The van der Waals surface area contributed by atoms with E-state index in [0.29, 0.717) is 33.9 Å². The zero-order valence-electron chi connectivity index (χ0n) is 17.6. The first-order valence-corrected chi connectivity index (χ1v) is 11.3. The molecule has 0 fully saturated rings. The topological polar surface area (TPSA) is 103 Å². The molecule has 0 saturated heterocycles. The molecular formula is C25H18N6OS. The highest BCUT2D eigenvalue weighted by Gasteiger charge is 2.19. The fourth-order valence-corrected chi connectivity index (χ4v) is 4.04. The summed E-state index contributed by atoms with van der Waals surface area (Å²) in [6.45, 7) is 0. The van der Waals surface area contributed by atoms with Crippen LogP contribution in [0.5, 0.6) is 11.6 Å². The minimum Gasteiger partial charge on any atom is -0.438 e. The van der Waals surface area contributed by atoms with Gasteiger partial charge in [-0.05, 0) is 17.7 Å². The Bertz CT molecular complexity index is 1500. The van der Waals surface area contributed by atoms with Crippen LogP contribution in [0.4, 0.5) is 5.82 Å². The lowest BCUT2D eigenvalue weighted by Crippen LogP contribution is -2.07. The summed E-state index contributed by atoms with van der Waals surface area (Å²) < 4.78 is 7.70. The molecule has 0 aliphatic heterocycles. The number of nitrogens with zero attached hydrogens (tertiary/aromatic N) is 5. The third kappa shape index (κ3) is 3.86. The fourth-order valence-electron chi connectivity index (χ4n) is 3.52. The molecule has 0 saturated carbocycles. The third-order valence-electron chi connectivity index (χ3n) is 5.10. The highest BCUT2D eigenvalue weighted by molar-refractivity contribution is 7.98. The minimum absolute atomic E-state index is 0.218. The smallest absolute Gasteiger partial charge is 0.225 e. The Hall–Kier alpha value is -4.35. The summed E-state index contributed by atoms with van der Waals surface area (Å²) in [5.41, 5.74) is 7.39. The molecule has 0 amide bonds. The Morgan fingerprint density at radius 2 is 1.73 bits per heavy atom. The van der Waals surface area contributed by atoms with Gasteiger partial charge in [-0.2, -0.15) is 20.0 Å². The molecule has 5 aromatic rings. The lowest BCUT2D eigenvalue weighted by molar-refractivity contribution is 0.466. The predicted octanol–water partition coefficient (Wildman–Crippen LogP) is 5.45. The average Bonchev–Trinajstić information content (AvgIpc) is 3.20. The van der Waals surface area contributed by atoms with Crippen LogP contribution in [-0.2, 0) is 0 Å². The molecule has 0 radical (unpaired) electrons. The number of thioether (sulfide) groups is 1. The zero-order valence-corrected chi connectivity index (χ0v) is 18.5. The summed E-state index contributed by atoms with van der Waals surface area (Å²) in [6.07, 6.45) is 1.84. The van der Waals surface area contributed by atoms with Gasteiger partial charge < -0.3 is 10.5 Å². The molecule has 2 aromatic heterocycles. The van der Waals surface area contributed by atoms with Gasteiger partial charge in [0.25, 0.3) is 0 Å². The maximum atomic E-state index is 9.52. The molecule has 0 unspecified atom stereocenters. The number of hydrogen-bond donors (Lipinski definition) is 1. The molecule has 8 heteroatoms. The molecule has 33 heavy (non-hydrogen) atoms. The van der Waals surface area contributed by atoms with Crippen molar-refractivity contribution in [3.8, 4) is 34.9 Å². The first kappa shape index (κ1) is 20.5. The van der Waals surface area contributed by atoms with Crippen molar-refractivity contribution in [2.75, 3.05) is 12.0 Å². The third-order valence-corrected chi connectivity index (χ3v) is 5.77. The van der Waals surface area contributed by atoms with E-state index < -0.39 is 0 Å². The van der Waals surface area contributed by atoms with Crippen LogP contribution in [0.15, 0.2) is 83.9 Å². The minimum atomic E-state index is 0.218. The van der Waals surface area contributed by atoms with E-state index in [1.54, 1.807) is 6.07 Å². The van der Waals surface area contributed by atoms with Crippen LogP contribution < -0.4 is 10.5 Å². The number of anilines is 1. The second-order valence-corrected chi connectivity index (χ2v) is 7.92. The van der Waals surface area contributed by atoms with Gasteiger partial charge in [0.15, 0.2) is 11.6 Å². The van der Waals surface area contributed by atoms with Crippen molar-refractivity contribution < 1.29 is 4.74 Å². The molecule has 2 N–H and O–H groups in total. The van der Waals surface area contributed by atoms with Crippen LogP contribution in [0.2, 0.25) is 0 Å². The van der Waals surface area contributed by atoms with Crippen LogP contribution >= 0.6 is 11.8 Å². The number of nitriles is 1. The highest BCUT2D eigenvalue weighted by Crippen LogP contribution is 2.32. The van der Waals surface area contributed by atoms with E-state index >= 15 is 0 Å². The van der Waals surface area contributed by atoms with Crippen molar-refractivity contribution in [3.63, 3.8) is 0 Å². The number of nitrogens with two attached hydrogens (primary N) is 1. The Morgan fingerprint density at radius 1 is 0.970 bits per heavy atom. The van der Waals surface area contributed by atoms with Crippen LogP contribution in [-0.4, -0.2) is 26.0 Å². The van der Waals surface area contributed by atoms with Gasteiger partial charge >= 0.3 is 0 Å². The van der Waals surface area contributed by atoms with Crippen LogP contribution in [0.25, 0.3) is 28.0 Å². The predicted molar refractivity (Wildman–Crippen MR) is 130 cm³/mol. The first-order chi connectivity index (χ1) is 16.2. The van der Waals surface area contributed by atoms with Gasteiger partial charge in [0, 0.05) is 17.0 Å². The largest absolute Gasteiger partial charge is 0.438 e. The van der Waals surface area contributed by atoms with Gasteiger partial charge in [0.05, 0.1) is 0 Å². The number of benzene rings is 3. The number of hydrogen-bond acceptors (Lipinski definition) is 7. The SMILES string of the molecule is CSc1nn(-c2cc(Oc3cccc4ccccc34)nc(-c3ccccc3)n2)c(N)c1C#N. The molecule has 0 aliphatic rings. The molecule has 0 aliphatic carbocycles. The molecule has 0 bridgehead atoms. The second kappa shape index (κ2) is 8.65. The molecule has 7 nitrogen and oxygen atoms in total. The number of ether oxygens (including phenoxy) is 1. The van der Waals surface area contributed by atoms with E-state index in [4.69, 9.17) is 10.5 Å². The zero-order chi connectivity index (χ0) is 22.8. The number of rotatable bonds is 5. The normalized spacial score (nSPS) is 10.8. The molecule has 0 spiro atoms. The monoisotopic (exact) mass is 450 g/mol. The van der Waals surface area contributed by atoms with E-state index in [2.05, 4.69) is 21.1 Å². The number of nitrogen functional groups attached to an aromatic ring is 1. The lowest BCUT2D eigenvalue weighted by Gasteiger charge is -2.12. The van der Waals surface area contributed by atoms with E-state index in [1.807, 2.05) is 79.1 Å². The van der Waals surface area contributed by atoms with Crippen LogP contribution in [0.1, 0.15) is 5.56 Å². The number of fused-ring (bicyclic) bond motifs is 1. The van der Waals surface area contributed by atoms with Crippen molar-refractivity contribution >= 4 is 28.4 Å². The Morgan fingerprint density at radius 3 is 2.48 bits per heavy atom. The summed E-state index contributed by atoms with van der Waals surface area (Å²) in [6, 6.07) is 27.2. The standard InChI is InChI=1S/C25H18N6OS/c1-33-25-19(15-26)23(27)31(30-25)21-14-22(29-24(28-21)17-9-3-2-4-10-17)32-20-13-7-11-16-8-5-6-12-18(16)20/h2-14H,27H2,1H3. The van der Waals surface area contributed by atoms with Gasteiger partial charge in [0.2, 0.25) is 5.88 Å². The summed E-state index contributed by atoms with van der Waals surface area (Å²) >= 11 is 1.35. The Kier molecular flexibility index (Phi) is 5.39. The molecule has 2 heterocycles.